The van der Waals surface area contributed by atoms with Crippen molar-refractivity contribution in [2.75, 3.05) is 7.05 Å². The van der Waals surface area contributed by atoms with Crippen molar-refractivity contribution in [1.82, 2.24) is 15.2 Å². The summed E-state index contributed by atoms with van der Waals surface area (Å²) in [5, 5.41) is 11.3. The number of amides is 2. The van der Waals surface area contributed by atoms with E-state index >= 15 is 0 Å². The van der Waals surface area contributed by atoms with Gasteiger partial charge in [-0.25, -0.2) is 4.79 Å². The first-order chi connectivity index (χ1) is 10.4. The molecular formula is C15H20N4O3. The van der Waals surface area contributed by atoms with Crippen LogP contribution < -0.4 is 5.32 Å². The number of hydrogen-bond acceptors (Lipinski definition) is 5. The van der Waals surface area contributed by atoms with Crippen LogP contribution >= 0.6 is 0 Å². The number of carbonyl (C=O) groups is 2. The number of carbonyl (C=O) groups excluding carboxylic acids is 2. The van der Waals surface area contributed by atoms with Gasteiger partial charge < -0.3 is 10.1 Å². The molecule has 0 aromatic carbocycles. The molecule has 1 unspecified atom stereocenters. The van der Waals surface area contributed by atoms with Crippen molar-refractivity contribution in [3.63, 3.8) is 0 Å². The van der Waals surface area contributed by atoms with Crippen LogP contribution in [0, 0.1) is 17.4 Å². The number of rotatable bonds is 6. The molecule has 0 spiro atoms. The predicted molar refractivity (Wildman–Crippen MR) is 79.2 cm³/mol. The number of nitriles is 1. The van der Waals surface area contributed by atoms with Crippen LogP contribution in [-0.4, -0.2) is 35.0 Å². The van der Waals surface area contributed by atoms with E-state index < -0.39 is 18.0 Å². The topological polar surface area (TPSA) is 95.3 Å². The number of nitrogens with zero attached hydrogens (tertiary/aromatic N) is 3. The molecule has 0 aliphatic heterocycles. The highest BCUT2D eigenvalue weighted by Gasteiger charge is 2.25. The molecule has 1 rings (SSSR count). The van der Waals surface area contributed by atoms with Gasteiger partial charge in [0.05, 0.1) is 0 Å². The van der Waals surface area contributed by atoms with Crippen LogP contribution in [0.3, 0.4) is 0 Å². The number of pyridine rings is 1. The molecule has 0 saturated heterocycles. The fraction of sp³-hybridized carbons (Fsp3) is 0.467. The van der Waals surface area contributed by atoms with Gasteiger partial charge in [0.15, 0.2) is 6.19 Å². The SMILES string of the molecule is CC(C)CC(NC(=O)OCc1ccncc1)C(=O)N(C)C#N. The molecule has 118 valence electrons. The summed E-state index contributed by atoms with van der Waals surface area (Å²) in [4.78, 5) is 28.6. The van der Waals surface area contributed by atoms with Gasteiger partial charge in [0.1, 0.15) is 12.6 Å². The van der Waals surface area contributed by atoms with Gasteiger partial charge in [-0.1, -0.05) is 13.8 Å². The largest absolute Gasteiger partial charge is 0.445 e. The summed E-state index contributed by atoms with van der Waals surface area (Å²) in [5.74, 6) is -0.279. The Morgan fingerprint density at radius 1 is 1.41 bits per heavy atom. The van der Waals surface area contributed by atoms with Crippen LogP contribution in [0.15, 0.2) is 24.5 Å². The molecule has 1 aromatic rings. The molecule has 1 N–H and O–H groups in total. The maximum absolute atomic E-state index is 12.0. The third-order valence-corrected chi connectivity index (χ3v) is 2.90. The summed E-state index contributed by atoms with van der Waals surface area (Å²) in [7, 11) is 1.36. The molecule has 2 amide bonds. The lowest BCUT2D eigenvalue weighted by Gasteiger charge is -2.21. The first-order valence-electron chi connectivity index (χ1n) is 6.93. The van der Waals surface area contributed by atoms with Gasteiger partial charge in [0.2, 0.25) is 0 Å². The lowest BCUT2D eigenvalue weighted by Crippen LogP contribution is -2.46. The molecule has 0 bridgehead atoms. The van der Waals surface area contributed by atoms with Crippen molar-refractivity contribution in [2.24, 2.45) is 5.92 Å². The van der Waals surface area contributed by atoms with Crippen LogP contribution in [0.4, 0.5) is 4.79 Å². The Morgan fingerprint density at radius 2 is 2.05 bits per heavy atom. The van der Waals surface area contributed by atoms with Crippen LogP contribution in [0.25, 0.3) is 0 Å². The third-order valence-electron chi connectivity index (χ3n) is 2.90. The van der Waals surface area contributed by atoms with Gasteiger partial charge in [0.25, 0.3) is 5.91 Å². The zero-order valence-corrected chi connectivity index (χ0v) is 12.9. The van der Waals surface area contributed by atoms with Gasteiger partial charge in [-0.15, -0.1) is 0 Å². The van der Waals surface area contributed by atoms with Gasteiger partial charge in [-0.3, -0.25) is 14.7 Å². The third kappa shape index (κ3) is 5.79. The minimum absolute atomic E-state index is 0.0883. The first kappa shape index (κ1) is 17.4. The molecule has 7 nitrogen and oxygen atoms in total. The number of nitrogens with one attached hydrogen (secondary N) is 1. The van der Waals surface area contributed by atoms with E-state index in [-0.39, 0.29) is 12.5 Å². The van der Waals surface area contributed by atoms with E-state index in [0.29, 0.717) is 6.42 Å². The summed E-state index contributed by atoms with van der Waals surface area (Å²) >= 11 is 0. The summed E-state index contributed by atoms with van der Waals surface area (Å²) in [6.45, 7) is 3.94. The summed E-state index contributed by atoms with van der Waals surface area (Å²) in [5.41, 5.74) is 0.797. The van der Waals surface area contributed by atoms with Crippen molar-refractivity contribution in [3.8, 4) is 6.19 Å². The summed E-state index contributed by atoms with van der Waals surface area (Å²) < 4.78 is 5.07. The average Bonchev–Trinajstić information content (AvgIpc) is 2.51. The highest BCUT2D eigenvalue weighted by atomic mass is 16.5. The number of ether oxygens (including phenoxy) is 1. The van der Waals surface area contributed by atoms with E-state index in [4.69, 9.17) is 10.00 Å². The number of likely N-dealkylation sites (N-methyl/N-ethyl adjacent to an activating group) is 1. The Morgan fingerprint density at radius 3 is 2.59 bits per heavy atom. The van der Waals surface area contributed by atoms with Gasteiger partial charge in [0, 0.05) is 19.4 Å². The summed E-state index contributed by atoms with van der Waals surface area (Å²) in [6.07, 6.45) is 4.67. The molecule has 0 aliphatic carbocycles. The Bertz CT molecular complexity index is 539. The van der Waals surface area contributed by atoms with Gasteiger partial charge in [-0.2, -0.15) is 5.26 Å². The molecule has 0 radical (unpaired) electrons. The maximum atomic E-state index is 12.0. The van der Waals surface area contributed by atoms with E-state index in [0.717, 1.165) is 10.5 Å². The molecular weight excluding hydrogens is 284 g/mol. The molecule has 0 saturated carbocycles. The number of alkyl carbamates (subject to hydrolysis) is 1. The minimum Gasteiger partial charge on any atom is -0.445 e. The van der Waals surface area contributed by atoms with Crippen molar-refractivity contribution < 1.29 is 14.3 Å². The van der Waals surface area contributed by atoms with E-state index in [1.807, 2.05) is 13.8 Å². The molecule has 7 heteroatoms. The molecule has 1 atom stereocenters. The van der Waals surface area contributed by atoms with Crippen LogP contribution in [0.2, 0.25) is 0 Å². The van der Waals surface area contributed by atoms with Crippen LogP contribution in [0.1, 0.15) is 25.8 Å². The fourth-order valence-corrected chi connectivity index (χ4v) is 1.79. The molecule has 1 aromatic heterocycles. The van der Waals surface area contributed by atoms with Crippen LogP contribution in [0.5, 0.6) is 0 Å². The van der Waals surface area contributed by atoms with Crippen molar-refractivity contribution in [2.45, 2.75) is 32.9 Å². The zero-order chi connectivity index (χ0) is 16.5. The Kier molecular flexibility index (Phi) is 6.83. The van der Waals surface area contributed by atoms with Crippen molar-refractivity contribution in [3.05, 3.63) is 30.1 Å². The second-order valence-electron chi connectivity index (χ2n) is 5.26. The van der Waals surface area contributed by atoms with E-state index in [1.54, 1.807) is 30.7 Å². The smallest absolute Gasteiger partial charge is 0.408 e. The van der Waals surface area contributed by atoms with Crippen molar-refractivity contribution >= 4 is 12.0 Å². The van der Waals surface area contributed by atoms with Crippen LogP contribution in [-0.2, 0) is 16.1 Å². The Labute approximate surface area is 129 Å². The zero-order valence-electron chi connectivity index (χ0n) is 12.9. The number of hydrogen-bond donors (Lipinski definition) is 1. The monoisotopic (exact) mass is 304 g/mol. The molecule has 1 heterocycles. The van der Waals surface area contributed by atoms with Gasteiger partial charge >= 0.3 is 6.09 Å². The van der Waals surface area contributed by atoms with E-state index in [2.05, 4.69) is 10.3 Å². The second kappa shape index (κ2) is 8.62. The first-order valence-corrected chi connectivity index (χ1v) is 6.93. The quantitative estimate of drug-likeness (QED) is 0.637. The normalized spacial score (nSPS) is 11.4. The number of aromatic nitrogens is 1. The highest BCUT2D eigenvalue weighted by molar-refractivity contribution is 5.86. The van der Waals surface area contributed by atoms with E-state index in [9.17, 15) is 9.59 Å². The van der Waals surface area contributed by atoms with Gasteiger partial charge in [-0.05, 0) is 30.0 Å². The predicted octanol–water partition coefficient (Wildman–Crippen LogP) is 1.66. The lowest BCUT2D eigenvalue weighted by atomic mass is 10.0. The molecule has 0 aliphatic rings. The minimum atomic E-state index is -0.783. The average molecular weight is 304 g/mol. The van der Waals surface area contributed by atoms with Crippen molar-refractivity contribution in [1.29, 1.82) is 5.26 Å². The second-order valence-corrected chi connectivity index (χ2v) is 5.26. The fourth-order valence-electron chi connectivity index (χ4n) is 1.79. The molecule has 0 fully saturated rings. The maximum Gasteiger partial charge on any atom is 0.408 e. The Balaban J connectivity index is 2.59. The standard InChI is InChI=1S/C15H20N4O3/c1-11(2)8-13(14(20)19(3)10-16)18-15(21)22-9-12-4-6-17-7-5-12/h4-7,11,13H,8-9H2,1-3H3,(H,18,21). The summed E-state index contributed by atoms with van der Waals surface area (Å²) in [6, 6.07) is 2.68. The van der Waals surface area contributed by atoms with E-state index in [1.165, 1.54) is 7.05 Å². The Hall–Kier alpha value is -2.62. The lowest BCUT2D eigenvalue weighted by molar-refractivity contribution is -0.129. The molecule has 22 heavy (non-hydrogen) atoms. The highest BCUT2D eigenvalue weighted by Crippen LogP contribution is 2.08.